The highest BCUT2D eigenvalue weighted by molar-refractivity contribution is 5.94. The van der Waals surface area contributed by atoms with Crippen molar-refractivity contribution in [1.29, 1.82) is 0 Å². The zero-order valence-corrected chi connectivity index (χ0v) is 14.6. The summed E-state index contributed by atoms with van der Waals surface area (Å²) in [6.45, 7) is 6.27. The van der Waals surface area contributed by atoms with Crippen molar-refractivity contribution in [3.63, 3.8) is 0 Å². The number of halogens is 1. The van der Waals surface area contributed by atoms with Crippen molar-refractivity contribution in [3.8, 4) is 5.69 Å². The summed E-state index contributed by atoms with van der Waals surface area (Å²) in [4.78, 5) is 9.35. The number of hydrogen-bond donors (Lipinski definition) is 0. The molecule has 0 saturated carbocycles. The molecule has 0 radical (unpaired) electrons. The molecular weight excluding hydrogens is 317 g/mol. The van der Waals surface area contributed by atoms with Crippen molar-refractivity contribution >= 4 is 16.7 Å². The third-order valence-electron chi connectivity index (χ3n) is 4.72. The van der Waals surface area contributed by atoms with Gasteiger partial charge in [-0.25, -0.2) is 18.9 Å². The Labute approximate surface area is 145 Å². The number of rotatable bonds is 4. The Morgan fingerprint density at radius 1 is 1.08 bits per heavy atom. The van der Waals surface area contributed by atoms with Crippen LogP contribution in [0.5, 0.6) is 0 Å². The molecule has 1 aromatic carbocycles. The highest BCUT2D eigenvalue weighted by Gasteiger charge is 2.18. The minimum absolute atomic E-state index is 0.247. The Kier molecular flexibility index (Phi) is 3.75. The molecule has 0 N–H and O–H groups in total. The summed E-state index contributed by atoms with van der Waals surface area (Å²) < 4.78 is 17.1. The number of nitrogens with zero attached hydrogens (tertiary/aromatic N) is 5. The summed E-state index contributed by atoms with van der Waals surface area (Å²) in [7, 11) is 0. The molecule has 3 aromatic heterocycles. The van der Waals surface area contributed by atoms with E-state index < -0.39 is 0 Å². The summed E-state index contributed by atoms with van der Waals surface area (Å²) in [5.41, 5.74) is 4.73. The Bertz CT molecular complexity index is 1060. The van der Waals surface area contributed by atoms with Crippen LogP contribution in [-0.2, 0) is 6.42 Å². The van der Waals surface area contributed by atoms with Gasteiger partial charge in [-0.15, -0.1) is 5.10 Å². The maximum atomic E-state index is 13.3. The first-order valence-corrected chi connectivity index (χ1v) is 8.58. The van der Waals surface area contributed by atoms with Crippen molar-refractivity contribution < 1.29 is 4.39 Å². The first-order valence-electron chi connectivity index (χ1n) is 8.58. The van der Waals surface area contributed by atoms with Crippen molar-refractivity contribution in [2.45, 2.75) is 40.0 Å². The van der Waals surface area contributed by atoms with E-state index in [9.17, 15) is 4.39 Å². The van der Waals surface area contributed by atoms with E-state index in [1.807, 2.05) is 11.5 Å². The van der Waals surface area contributed by atoms with Gasteiger partial charge in [-0.05, 0) is 50.1 Å². The van der Waals surface area contributed by atoms with E-state index in [0.717, 1.165) is 58.7 Å². The Hall–Kier alpha value is -2.76. The van der Waals surface area contributed by atoms with E-state index >= 15 is 0 Å². The fourth-order valence-electron chi connectivity index (χ4n) is 3.25. The second-order valence-electron chi connectivity index (χ2n) is 6.37. The molecule has 25 heavy (non-hydrogen) atoms. The van der Waals surface area contributed by atoms with E-state index in [-0.39, 0.29) is 5.82 Å². The van der Waals surface area contributed by atoms with E-state index in [1.54, 1.807) is 23.0 Å². The van der Waals surface area contributed by atoms with Crippen LogP contribution in [0.1, 0.15) is 36.8 Å². The summed E-state index contributed by atoms with van der Waals surface area (Å²) in [6, 6.07) is 6.47. The van der Waals surface area contributed by atoms with Crippen molar-refractivity contribution in [1.82, 2.24) is 24.1 Å². The predicted octanol–water partition coefficient (Wildman–Crippen LogP) is 4.17. The van der Waals surface area contributed by atoms with Gasteiger partial charge in [0.25, 0.3) is 0 Å². The van der Waals surface area contributed by atoms with Crippen LogP contribution in [0, 0.1) is 19.7 Å². The van der Waals surface area contributed by atoms with Gasteiger partial charge in [0, 0.05) is 17.8 Å². The van der Waals surface area contributed by atoms with Gasteiger partial charge in [-0.2, -0.15) is 0 Å². The highest BCUT2D eigenvalue weighted by atomic mass is 19.1. The van der Waals surface area contributed by atoms with Crippen LogP contribution in [0.15, 0.2) is 30.6 Å². The van der Waals surface area contributed by atoms with Crippen LogP contribution >= 0.6 is 0 Å². The number of unbranched alkanes of at least 4 members (excludes halogenated alkanes) is 1. The summed E-state index contributed by atoms with van der Waals surface area (Å²) >= 11 is 0. The van der Waals surface area contributed by atoms with Gasteiger partial charge >= 0.3 is 0 Å². The van der Waals surface area contributed by atoms with Crippen LogP contribution in [0.3, 0.4) is 0 Å². The van der Waals surface area contributed by atoms with Crippen LogP contribution in [0.25, 0.3) is 22.4 Å². The smallest absolute Gasteiger partial charge is 0.168 e. The van der Waals surface area contributed by atoms with Gasteiger partial charge in [0.2, 0.25) is 0 Å². The quantitative estimate of drug-likeness (QED) is 0.561. The molecule has 0 amide bonds. The van der Waals surface area contributed by atoms with E-state index in [4.69, 9.17) is 4.98 Å². The minimum atomic E-state index is -0.247. The molecule has 0 spiro atoms. The SMILES string of the molecule is CCCCc1nc2c3c(C)c(C)n(-c4ccc(F)cc4)c3ncn2n1. The van der Waals surface area contributed by atoms with Crippen molar-refractivity contribution in [2.24, 2.45) is 0 Å². The Morgan fingerprint density at radius 2 is 1.84 bits per heavy atom. The normalized spacial score (nSPS) is 11.7. The third-order valence-corrected chi connectivity index (χ3v) is 4.72. The first kappa shape index (κ1) is 15.7. The van der Waals surface area contributed by atoms with Crippen LogP contribution in [0.2, 0.25) is 0 Å². The molecule has 0 fully saturated rings. The number of hydrogen-bond acceptors (Lipinski definition) is 3. The van der Waals surface area contributed by atoms with Gasteiger partial charge in [0.15, 0.2) is 17.1 Å². The fraction of sp³-hybridized carbons (Fsp3) is 0.316. The average molecular weight is 337 g/mol. The van der Waals surface area contributed by atoms with Crippen LogP contribution in [0.4, 0.5) is 4.39 Å². The zero-order valence-electron chi connectivity index (χ0n) is 14.6. The molecule has 0 atom stereocenters. The summed E-state index contributed by atoms with van der Waals surface area (Å²) in [6.07, 6.45) is 4.76. The first-order chi connectivity index (χ1) is 12.1. The summed E-state index contributed by atoms with van der Waals surface area (Å²) in [5.74, 6) is 0.602. The second kappa shape index (κ2) is 5.95. The molecule has 0 saturated heterocycles. The topological polar surface area (TPSA) is 48.0 Å². The van der Waals surface area contributed by atoms with E-state index in [1.165, 1.54) is 12.1 Å². The van der Waals surface area contributed by atoms with E-state index in [0.29, 0.717) is 0 Å². The van der Waals surface area contributed by atoms with Crippen LogP contribution in [-0.4, -0.2) is 24.1 Å². The maximum Gasteiger partial charge on any atom is 0.168 e. The molecule has 128 valence electrons. The number of benzene rings is 1. The lowest BCUT2D eigenvalue weighted by Gasteiger charge is -2.07. The lowest BCUT2D eigenvalue weighted by atomic mass is 10.2. The molecule has 0 aliphatic rings. The minimum Gasteiger partial charge on any atom is -0.298 e. The van der Waals surface area contributed by atoms with Gasteiger partial charge in [-0.1, -0.05) is 13.3 Å². The molecular formula is C19H20FN5. The van der Waals surface area contributed by atoms with Gasteiger partial charge in [-0.3, -0.25) is 4.57 Å². The largest absolute Gasteiger partial charge is 0.298 e. The average Bonchev–Trinajstić information content (AvgIpc) is 3.13. The number of aryl methyl sites for hydroxylation is 2. The lowest BCUT2D eigenvalue weighted by Crippen LogP contribution is -1.99. The second-order valence-corrected chi connectivity index (χ2v) is 6.37. The monoisotopic (exact) mass is 337 g/mol. The van der Waals surface area contributed by atoms with Crippen LogP contribution < -0.4 is 0 Å². The summed E-state index contributed by atoms with van der Waals surface area (Å²) in [5, 5.41) is 5.55. The van der Waals surface area contributed by atoms with Crippen molar-refractivity contribution in [3.05, 3.63) is 53.5 Å². The number of aromatic nitrogens is 5. The van der Waals surface area contributed by atoms with Gasteiger partial charge < -0.3 is 0 Å². The predicted molar refractivity (Wildman–Crippen MR) is 95.7 cm³/mol. The molecule has 0 aliphatic heterocycles. The fourth-order valence-corrected chi connectivity index (χ4v) is 3.25. The Morgan fingerprint density at radius 3 is 2.56 bits per heavy atom. The molecule has 5 nitrogen and oxygen atoms in total. The maximum absolute atomic E-state index is 13.3. The molecule has 3 heterocycles. The molecule has 0 unspecified atom stereocenters. The third kappa shape index (κ3) is 2.49. The zero-order chi connectivity index (χ0) is 17.6. The van der Waals surface area contributed by atoms with Gasteiger partial charge in [0.1, 0.15) is 12.1 Å². The highest BCUT2D eigenvalue weighted by Crippen LogP contribution is 2.29. The van der Waals surface area contributed by atoms with Gasteiger partial charge in [0.05, 0.1) is 5.39 Å². The lowest BCUT2D eigenvalue weighted by molar-refractivity contribution is 0.627. The molecule has 0 bridgehead atoms. The molecule has 6 heteroatoms. The Balaban J connectivity index is 1.96. The standard InChI is InChI=1S/C19H20FN5/c1-4-5-6-16-22-19-17-12(2)13(3)25(15-9-7-14(20)8-10-15)18(17)21-11-24(19)23-16/h7-11H,4-6H2,1-3H3. The molecule has 4 aromatic rings. The number of fused-ring (bicyclic) bond motifs is 3. The molecule has 0 aliphatic carbocycles. The van der Waals surface area contributed by atoms with E-state index in [2.05, 4.69) is 23.9 Å². The van der Waals surface area contributed by atoms with Crippen molar-refractivity contribution in [2.75, 3.05) is 0 Å². The molecule has 4 rings (SSSR count).